The van der Waals surface area contributed by atoms with Crippen LogP contribution in [-0.4, -0.2) is 12.6 Å². The zero-order chi connectivity index (χ0) is 39.9. The van der Waals surface area contributed by atoms with Gasteiger partial charge in [0.1, 0.15) is 0 Å². The summed E-state index contributed by atoms with van der Waals surface area (Å²) in [4.78, 5) is 0. The minimum Gasteiger partial charge on any atom is -0.309 e. The fraction of sp³-hybridized carbons (Fsp3) is 0.143. The third kappa shape index (κ3) is 5.63. The summed E-state index contributed by atoms with van der Waals surface area (Å²) in [6.07, 6.45) is 2.40. The highest BCUT2D eigenvalue weighted by Gasteiger charge is 2.44. The minimum atomic E-state index is -2.77. The summed E-state index contributed by atoms with van der Waals surface area (Å²) in [5.41, 5.74) is 9.40. The molecule has 286 valence electrons. The van der Waals surface area contributed by atoms with Gasteiger partial charge in [0.25, 0.3) is 0 Å². The molecule has 8 aromatic carbocycles. The van der Waals surface area contributed by atoms with Crippen molar-refractivity contribution in [2.24, 2.45) is 0 Å². The van der Waals surface area contributed by atoms with Gasteiger partial charge in [-0.25, -0.2) is 0 Å². The second-order valence-electron chi connectivity index (χ2n) is 18.0. The van der Waals surface area contributed by atoms with Gasteiger partial charge in [0.15, 0.2) is 8.07 Å². The maximum Gasteiger partial charge on any atom is 0.179 e. The Kier molecular flexibility index (Phi) is 8.28. The number of thiophene rings is 1. The first-order chi connectivity index (χ1) is 28.7. The van der Waals surface area contributed by atoms with Crippen molar-refractivity contribution in [2.45, 2.75) is 51.4 Å². The number of benzene rings is 8. The Bertz CT molecular complexity index is 3160. The molecule has 2 aromatic heterocycles. The van der Waals surface area contributed by atoms with Crippen LogP contribution in [0.1, 0.15) is 51.7 Å². The van der Waals surface area contributed by atoms with Crippen LogP contribution in [0.25, 0.3) is 58.8 Å². The summed E-state index contributed by atoms with van der Waals surface area (Å²) < 4.78 is 5.14. The molecule has 10 aromatic rings. The molecule has 0 N–H and O–H groups in total. The van der Waals surface area contributed by atoms with Crippen LogP contribution in [0.2, 0.25) is 0 Å². The summed E-state index contributed by atoms with van der Waals surface area (Å²) in [5.74, 6) is 0. The van der Waals surface area contributed by atoms with Crippen molar-refractivity contribution in [3.05, 3.63) is 199 Å². The van der Waals surface area contributed by atoms with Crippen LogP contribution in [-0.2, 0) is 10.8 Å². The van der Waals surface area contributed by atoms with Crippen LogP contribution in [0.5, 0.6) is 0 Å². The largest absolute Gasteiger partial charge is 0.309 e. The Morgan fingerprint density at radius 2 is 0.932 bits per heavy atom. The van der Waals surface area contributed by atoms with Gasteiger partial charge in [-0.2, -0.15) is 0 Å². The van der Waals surface area contributed by atoms with Gasteiger partial charge in [-0.3, -0.25) is 0 Å². The smallest absolute Gasteiger partial charge is 0.179 e. The molecule has 0 aliphatic heterocycles. The van der Waals surface area contributed by atoms with Crippen LogP contribution in [0, 0.1) is 0 Å². The van der Waals surface area contributed by atoms with Gasteiger partial charge in [0.05, 0.1) is 11.0 Å². The molecule has 0 fully saturated rings. The molecule has 1 aliphatic carbocycles. The van der Waals surface area contributed by atoms with Gasteiger partial charge in [0, 0.05) is 36.6 Å². The number of fused-ring (bicyclic) bond motifs is 7. The average molecular weight is 794 g/mol. The van der Waals surface area contributed by atoms with Crippen molar-refractivity contribution >= 4 is 82.1 Å². The van der Waals surface area contributed by atoms with E-state index in [1.165, 1.54) is 104 Å². The lowest BCUT2D eigenvalue weighted by Gasteiger charge is -2.43. The van der Waals surface area contributed by atoms with Gasteiger partial charge in [-0.05, 0) is 115 Å². The molecule has 0 bridgehead atoms. The molecular weight excluding hydrogens is 747 g/mol. The number of aromatic nitrogens is 1. The summed E-state index contributed by atoms with van der Waals surface area (Å²) >= 11 is 1.87. The Balaban J connectivity index is 1.09. The Morgan fingerprint density at radius 1 is 0.407 bits per heavy atom. The molecule has 0 spiro atoms. The molecular formula is C56H47NSSi. The zero-order valence-corrected chi connectivity index (χ0v) is 36.0. The Labute approximate surface area is 352 Å². The molecule has 2 heterocycles. The zero-order valence-electron chi connectivity index (χ0n) is 34.2. The number of rotatable bonds is 6. The first-order valence-corrected chi connectivity index (χ1v) is 23.9. The van der Waals surface area contributed by atoms with Crippen molar-refractivity contribution < 1.29 is 0 Å². The van der Waals surface area contributed by atoms with Crippen LogP contribution in [0.15, 0.2) is 188 Å². The molecule has 0 amide bonds. The van der Waals surface area contributed by atoms with E-state index >= 15 is 0 Å². The highest BCUT2D eigenvalue weighted by molar-refractivity contribution is 7.25. The normalized spacial score (nSPS) is 14.9. The molecule has 59 heavy (non-hydrogen) atoms. The minimum absolute atomic E-state index is 0.111. The predicted octanol–water partition coefficient (Wildman–Crippen LogP) is 12.5. The number of nitrogens with zero attached hydrogens (tertiary/aromatic N) is 1. The van der Waals surface area contributed by atoms with E-state index < -0.39 is 8.07 Å². The van der Waals surface area contributed by atoms with Gasteiger partial charge in [-0.15, -0.1) is 11.3 Å². The van der Waals surface area contributed by atoms with Crippen molar-refractivity contribution in [3.63, 3.8) is 0 Å². The second-order valence-corrected chi connectivity index (χ2v) is 22.8. The van der Waals surface area contributed by atoms with E-state index in [2.05, 4.69) is 220 Å². The van der Waals surface area contributed by atoms with Crippen molar-refractivity contribution in [2.75, 3.05) is 0 Å². The summed E-state index contributed by atoms with van der Waals surface area (Å²) in [5, 5.41) is 10.9. The van der Waals surface area contributed by atoms with Crippen molar-refractivity contribution in [1.29, 1.82) is 0 Å². The molecule has 0 atom stereocenters. The van der Waals surface area contributed by atoms with Gasteiger partial charge >= 0.3 is 0 Å². The fourth-order valence-corrected chi connectivity index (χ4v) is 16.2. The summed E-state index contributed by atoms with van der Waals surface area (Å²) in [6, 6.07) is 71.7. The number of hydrogen-bond donors (Lipinski definition) is 0. The summed E-state index contributed by atoms with van der Waals surface area (Å²) in [7, 11) is -2.77. The lowest BCUT2D eigenvalue weighted by atomic mass is 9.63. The Hall–Kier alpha value is -6.00. The van der Waals surface area contributed by atoms with Gasteiger partial charge in [-0.1, -0.05) is 167 Å². The predicted molar refractivity (Wildman–Crippen MR) is 258 cm³/mol. The van der Waals surface area contributed by atoms with Gasteiger partial charge < -0.3 is 4.57 Å². The first-order valence-electron chi connectivity index (χ1n) is 21.0. The lowest BCUT2D eigenvalue weighted by Crippen LogP contribution is -2.74. The number of hydrogen-bond acceptors (Lipinski definition) is 1. The molecule has 3 heteroatoms. The summed E-state index contributed by atoms with van der Waals surface area (Å²) in [6.45, 7) is 9.76. The highest BCUT2D eigenvalue weighted by Crippen LogP contribution is 2.45. The van der Waals surface area contributed by atoms with Crippen molar-refractivity contribution in [3.8, 4) is 16.8 Å². The van der Waals surface area contributed by atoms with E-state index in [0.717, 1.165) is 0 Å². The van der Waals surface area contributed by atoms with E-state index in [1.54, 1.807) is 0 Å². The SMILES string of the molecule is CC1(C)CCC(C)(C)c2cc([Si](c3ccccc3)(c3ccccc3)c3ccc(-n4c5ccccc5c5cc(-c6ccc7sc8ccccc8c7c6)ccc54)cc3)ccc21. The lowest BCUT2D eigenvalue weighted by molar-refractivity contribution is 0.332. The van der Waals surface area contributed by atoms with Crippen molar-refractivity contribution in [1.82, 2.24) is 4.57 Å². The Morgan fingerprint density at radius 3 is 1.64 bits per heavy atom. The average Bonchev–Trinajstić information content (AvgIpc) is 3.82. The second kappa shape index (κ2) is 13.5. The van der Waals surface area contributed by atoms with E-state index in [-0.39, 0.29) is 10.8 Å². The van der Waals surface area contributed by atoms with Gasteiger partial charge in [0.2, 0.25) is 0 Å². The quantitative estimate of drug-likeness (QED) is 0.117. The van der Waals surface area contributed by atoms with Crippen LogP contribution >= 0.6 is 11.3 Å². The molecule has 0 saturated heterocycles. The highest BCUT2D eigenvalue weighted by atomic mass is 32.1. The molecule has 0 unspecified atom stereocenters. The molecule has 1 nitrogen and oxygen atoms in total. The molecule has 11 rings (SSSR count). The monoisotopic (exact) mass is 793 g/mol. The maximum atomic E-state index is 2.62. The van der Waals surface area contributed by atoms with E-state index in [9.17, 15) is 0 Å². The maximum absolute atomic E-state index is 2.77. The molecule has 1 aliphatic rings. The third-order valence-corrected chi connectivity index (χ3v) is 19.6. The number of para-hydroxylation sites is 1. The third-order valence-electron chi connectivity index (χ3n) is 13.6. The first kappa shape index (κ1) is 36.1. The van der Waals surface area contributed by atoms with E-state index in [0.29, 0.717) is 0 Å². The van der Waals surface area contributed by atoms with E-state index in [4.69, 9.17) is 0 Å². The standard InChI is InChI=1S/C56H47NSSi/c1-55(2)33-34-56(3,4)50-37-44(29-30-49(50)55)59(41-15-7-5-8-16-41,42-17-9-6-10-18-42)43-27-25-40(26-28-43)57-51-21-13-11-19-45(51)47-35-38(23-31-52(47)57)39-24-32-54-48(36-39)46-20-12-14-22-53(46)58-54/h5-32,35-37H,33-34H2,1-4H3. The van der Waals surface area contributed by atoms with E-state index in [1.807, 2.05) is 11.3 Å². The van der Waals surface area contributed by atoms with Crippen LogP contribution in [0.3, 0.4) is 0 Å². The fourth-order valence-electron chi connectivity index (χ4n) is 10.4. The van der Waals surface area contributed by atoms with Crippen LogP contribution < -0.4 is 20.7 Å². The van der Waals surface area contributed by atoms with Crippen LogP contribution in [0.4, 0.5) is 0 Å². The molecule has 0 saturated carbocycles. The molecule has 0 radical (unpaired) electrons. The topological polar surface area (TPSA) is 4.93 Å².